The molecular formula is C21H20N8O. The molecule has 1 aliphatic heterocycles. The van der Waals surface area contributed by atoms with Crippen molar-refractivity contribution >= 4 is 17.4 Å². The number of pyridine rings is 1. The third-order valence-electron chi connectivity index (χ3n) is 5.39. The number of anilines is 1. The molecule has 2 atom stereocenters. The molecule has 2 unspecified atom stereocenters. The van der Waals surface area contributed by atoms with Gasteiger partial charge in [-0.1, -0.05) is 6.92 Å². The van der Waals surface area contributed by atoms with Crippen LogP contribution in [0.15, 0.2) is 36.8 Å². The van der Waals surface area contributed by atoms with Gasteiger partial charge in [-0.05, 0) is 30.5 Å². The highest BCUT2D eigenvalue weighted by Gasteiger charge is 2.29. The van der Waals surface area contributed by atoms with Crippen LogP contribution >= 0.6 is 0 Å². The van der Waals surface area contributed by atoms with E-state index in [0.717, 1.165) is 6.42 Å². The summed E-state index contributed by atoms with van der Waals surface area (Å²) < 4.78 is 1.79. The number of fused-ring (bicyclic) bond motifs is 1. The lowest BCUT2D eigenvalue weighted by Gasteiger charge is -2.37. The summed E-state index contributed by atoms with van der Waals surface area (Å²) in [5, 5.41) is 21.4. The largest absolute Gasteiger partial charge is 0.365 e. The molecule has 150 valence electrons. The zero-order valence-electron chi connectivity index (χ0n) is 16.5. The van der Waals surface area contributed by atoms with Crippen LogP contribution in [-0.4, -0.2) is 49.3 Å². The van der Waals surface area contributed by atoms with E-state index in [4.69, 9.17) is 5.26 Å². The predicted octanol–water partition coefficient (Wildman–Crippen LogP) is 2.23. The number of likely N-dealkylation sites (tertiary alicyclic amines) is 1. The Morgan fingerprint density at radius 2 is 2.17 bits per heavy atom. The number of amides is 1. The molecule has 3 aromatic heterocycles. The van der Waals surface area contributed by atoms with Crippen LogP contribution in [-0.2, 0) is 4.79 Å². The number of aromatic nitrogens is 4. The van der Waals surface area contributed by atoms with Crippen LogP contribution < -0.4 is 5.32 Å². The zero-order valence-corrected chi connectivity index (χ0v) is 16.5. The van der Waals surface area contributed by atoms with Gasteiger partial charge in [0.15, 0.2) is 5.82 Å². The molecule has 30 heavy (non-hydrogen) atoms. The first-order valence-electron chi connectivity index (χ1n) is 9.71. The summed E-state index contributed by atoms with van der Waals surface area (Å²) in [6.07, 6.45) is 5.82. The van der Waals surface area contributed by atoms with Crippen molar-refractivity contribution in [1.82, 2.24) is 24.3 Å². The van der Waals surface area contributed by atoms with Crippen molar-refractivity contribution in [3.8, 4) is 23.7 Å². The molecule has 0 saturated carbocycles. The third kappa shape index (κ3) is 3.78. The van der Waals surface area contributed by atoms with Crippen molar-refractivity contribution in [3.05, 3.63) is 42.4 Å². The van der Waals surface area contributed by atoms with Gasteiger partial charge in [0.1, 0.15) is 29.6 Å². The third-order valence-corrected chi connectivity index (χ3v) is 5.39. The van der Waals surface area contributed by atoms with Gasteiger partial charge in [0, 0.05) is 31.5 Å². The average molecular weight is 400 g/mol. The fourth-order valence-corrected chi connectivity index (χ4v) is 3.63. The highest BCUT2D eigenvalue weighted by atomic mass is 16.2. The maximum atomic E-state index is 12.1. The normalized spacial score (nSPS) is 18.6. The second kappa shape index (κ2) is 8.18. The number of nitrogens with zero attached hydrogens (tertiary/aromatic N) is 7. The van der Waals surface area contributed by atoms with E-state index >= 15 is 0 Å². The number of nitriles is 2. The fraction of sp³-hybridized carbons (Fsp3) is 0.333. The first-order valence-corrected chi connectivity index (χ1v) is 9.71. The van der Waals surface area contributed by atoms with E-state index in [1.807, 2.05) is 6.07 Å². The molecule has 0 bridgehead atoms. The SMILES string of the molecule is CC1CCN(C(=O)CC#N)CC1Nc1ccnc(-c2cnc3ccc(C#N)cn23)n1. The van der Waals surface area contributed by atoms with Gasteiger partial charge in [-0.15, -0.1) is 0 Å². The summed E-state index contributed by atoms with van der Waals surface area (Å²) in [6.45, 7) is 3.33. The quantitative estimate of drug-likeness (QED) is 0.712. The maximum Gasteiger partial charge on any atom is 0.236 e. The zero-order chi connectivity index (χ0) is 21.1. The van der Waals surface area contributed by atoms with Gasteiger partial charge in [0.25, 0.3) is 0 Å². The predicted molar refractivity (Wildman–Crippen MR) is 109 cm³/mol. The van der Waals surface area contributed by atoms with Gasteiger partial charge in [0.2, 0.25) is 5.91 Å². The van der Waals surface area contributed by atoms with Gasteiger partial charge < -0.3 is 10.2 Å². The number of imidazole rings is 1. The Balaban J connectivity index is 1.58. The molecule has 1 aliphatic rings. The number of carbonyl (C=O) groups excluding carboxylic acids is 1. The summed E-state index contributed by atoms with van der Waals surface area (Å²) in [7, 11) is 0. The first-order chi connectivity index (χ1) is 14.6. The number of piperidine rings is 1. The molecule has 1 fully saturated rings. The van der Waals surface area contributed by atoms with Crippen molar-refractivity contribution in [1.29, 1.82) is 10.5 Å². The number of hydrogen-bond acceptors (Lipinski definition) is 7. The maximum absolute atomic E-state index is 12.1. The smallest absolute Gasteiger partial charge is 0.236 e. The second-order valence-corrected chi connectivity index (χ2v) is 7.36. The van der Waals surface area contributed by atoms with Crippen LogP contribution in [0, 0.1) is 28.6 Å². The highest BCUT2D eigenvalue weighted by Crippen LogP contribution is 2.23. The lowest BCUT2D eigenvalue weighted by Crippen LogP contribution is -2.49. The van der Waals surface area contributed by atoms with Crippen molar-refractivity contribution in [3.63, 3.8) is 0 Å². The van der Waals surface area contributed by atoms with Crippen LogP contribution in [0.4, 0.5) is 5.82 Å². The summed E-state index contributed by atoms with van der Waals surface area (Å²) in [5.41, 5.74) is 1.92. The Morgan fingerprint density at radius 1 is 1.30 bits per heavy atom. The number of rotatable bonds is 4. The van der Waals surface area contributed by atoms with Crippen LogP contribution in [0.2, 0.25) is 0 Å². The minimum Gasteiger partial charge on any atom is -0.365 e. The molecule has 0 radical (unpaired) electrons. The summed E-state index contributed by atoms with van der Waals surface area (Å²) >= 11 is 0. The second-order valence-electron chi connectivity index (χ2n) is 7.36. The van der Waals surface area contributed by atoms with Gasteiger partial charge >= 0.3 is 0 Å². The molecule has 4 rings (SSSR count). The van der Waals surface area contributed by atoms with E-state index in [-0.39, 0.29) is 18.4 Å². The molecule has 1 saturated heterocycles. The summed E-state index contributed by atoms with van der Waals surface area (Å²) in [4.78, 5) is 27.2. The van der Waals surface area contributed by atoms with Crippen molar-refractivity contribution < 1.29 is 4.79 Å². The monoisotopic (exact) mass is 400 g/mol. The Morgan fingerprint density at radius 3 is 2.97 bits per heavy atom. The van der Waals surface area contributed by atoms with Crippen LogP contribution in [0.3, 0.4) is 0 Å². The van der Waals surface area contributed by atoms with E-state index in [2.05, 4.69) is 33.3 Å². The van der Waals surface area contributed by atoms with E-state index in [1.54, 1.807) is 46.1 Å². The number of nitrogens with one attached hydrogen (secondary N) is 1. The first kappa shape index (κ1) is 19.3. The lowest BCUT2D eigenvalue weighted by molar-refractivity contribution is -0.131. The minimum atomic E-state index is -0.140. The van der Waals surface area contributed by atoms with E-state index in [9.17, 15) is 10.1 Å². The van der Waals surface area contributed by atoms with Gasteiger partial charge in [0.05, 0.1) is 17.8 Å². The van der Waals surface area contributed by atoms with Crippen LogP contribution in [0.5, 0.6) is 0 Å². The highest BCUT2D eigenvalue weighted by molar-refractivity contribution is 5.78. The topological polar surface area (TPSA) is 123 Å². The lowest BCUT2D eigenvalue weighted by atomic mass is 9.93. The van der Waals surface area contributed by atoms with Crippen molar-refractivity contribution in [2.45, 2.75) is 25.8 Å². The Bertz CT molecular complexity index is 1170. The van der Waals surface area contributed by atoms with Gasteiger partial charge in [-0.2, -0.15) is 10.5 Å². The molecule has 9 nitrogen and oxygen atoms in total. The van der Waals surface area contributed by atoms with Crippen LogP contribution in [0.25, 0.3) is 17.2 Å². The molecule has 1 amide bonds. The molecule has 9 heteroatoms. The minimum absolute atomic E-state index is 0.0246. The Hall–Kier alpha value is -3.98. The molecule has 4 heterocycles. The molecule has 0 aliphatic carbocycles. The molecule has 0 spiro atoms. The fourth-order valence-electron chi connectivity index (χ4n) is 3.63. The number of hydrogen-bond donors (Lipinski definition) is 1. The molecular weight excluding hydrogens is 380 g/mol. The van der Waals surface area contributed by atoms with Gasteiger partial charge in [-0.25, -0.2) is 15.0 Å². The van der Waals surface area contributed by atoms with Crippen molar-refractivity contribution in [2.75, 3.05) is 18.4 Å². The average Bonchev–Trinajstić information content (AvgIpc) is 3.19. The molecule has 1 N–H and O–H groups in total. The molecule has 0 aromatic carbocycles. The number of carbonyl (C=O) groups is 1. The summed E-state index contributed by atoms with van der Waals surface area (Å²) in [5.74, 6) is 1.35. The standard InChI is InChI=1S/C21H20N8O/c1-14-6-9-28(20(30)4-7-22)13-16(14)26-18-5-8-24-21(27-18)17-11-25-19-3-2-15(10-23)12-29(17)19/h2-3,5,8,11-12,14,16H,4,6,9,13H2,1H3,(H,24,26,27). The van der Waals surface area contributed by atoms with E-state index in [1.165, 1.54) is 0 Å². The van der Waals surface area contributed by atoms with Crippen molar-refractivity contribution in [2.24, 2.45) is 5.92 Å². The van der Waals surface area contributed by atoms with E-state index in [0.29, 0.717) is 47.6 Å². The van der Waals surface area contributed by atoms with Crippen LogP contribution in [0.1, 0.15) is 25.3 Å². The Kier molecular flexibility index (Phi) is 5.27. The Labute approximate surface area is 173 Å². The molecule has 3 aromatic rings. The summed E-state index contributed by atoms with van der Waals surface area (Å²) in [6, 6.07) is 9.36. The van der Waals surface area contributed by atoms with Gasteiger partial charge in [-0.3, -0.25) is 9.20 Å². The van der Waals surface area contributed by atoms with E-state index < -0.39 is 0 Å².